The van der Waals surface area contributed by atoms with E-state index in [0.29, 0.717) is 18.3 Å². The van der Waals surface area contributed by atoms with E-state index >= 15 is 0 Å². The topological polar surface area (TPSA) is 35.6 Å². The van der Waals surface area contributed by atoms with Crippen LogP contribution in [0.15, 0.2) is 54.6 Å². The van der Waals surface area contributed by atoms with Gasteiger partial charge < -0.3 is 5.32 Å². The van der Waals surface area contributed by atoms with Crippen LogP contribution < -0.4 is 10.2 Å². The van der Waals surface area contributed by atoms with Gasteiger partial charge in [-0.3, -0.25) is 9.80 Å². The minimum absolute atomic E-state index is 0.126. The number of benzene rings is 2. The first-order valence-electron chi connectivity index (χ1n) is 9.19. The molecule has 1 spiro atoms. The van der Waals surface area contributed by atoms with Gasteiger partial charge in [0.15, 0.2) is 0 Å². The molecule has 2 aliphatic heterocycles. The minimum atomic E-state index is -0.313. The van der Waals surface area contributed by atoms with E-state index in [1.54, 1.807) is 11.0 Å². The number of carbonyl (C=O) groups is 1. The number of likely N-dealkylation sites (tertiary alicyclic amines) is 1. The highest BCUT2D eigenvalue weighted by molar-refractivity contribution is 5.96. The molecule has 0 aliphatic carbocycles. The molecule has 2 fully saturated rings. The molecule has 0 bridgehead atoms. The van der Waals surface area contributed by atoms with Gasteiger partial charge in [0.1, 0.15) is 5.82 Å². The lowest BCUT2D eigenvalue weighted by Crippen LogP contribution is -2.57. The molecule has 26 heavy (non-hydrogen) atoms. The van der Waals surface area contributed by atoms with Crippen LogP contribution in [0.5, 0.6) is 0 Å². The number of piperidine rings is 1. The Labute approximate surface area is 153 Å². The third-order valence-corrected chi connectivity index (χ3v) is 5.70. The highest BCUT2D eigenvalue weighted by Gasteiger charge is 2.49. The Morgan fingerprint density at radius 1 is 1.19 bits per heavy atom. The van der Waals surface area contributed by atoms with Crippen molar-refractivity contribution in [2.24, 2.45) is 0 Å². The molecule has 0 saturated carbocycles. The molecule has 2 saturated heterocycles. The van der Waals surface area contributed by atoms with Gasteiger partial charge >= 0.3 is 6.03 Å². The first-order chi connectivity index (χ1) is 12.6. The van der Waals surface area contributed by atoms with E-state index in [0.717, 1.165) is 25.9 Å². The van der Waals surface area contributed by atoms with Crippen LogP contribution in [0.4, 0.5) is 14.9 Å². The zero-order valence-electron chi connectivity index (χ0n) is 15.0. The van der Waals surface area contributed by atoms with Crippen LogP contribution in [-0.4, -0.2) is 35.6 Å². The van der Waals surface area contributed by atoms with Gasteiger partial charge in [-0.15, -0.1) is 0 Å². The average Bonchev–Trinajstić information content (AvgIpc) is 2.94. The molecule has 136 valence electrons. The van der Waals surface area contributed by atoms with E-state index in [2.05, 4.69) is 41.4 Å². The van der Waals surface area contributed by atoms with Gasteiger partial charge in [-0.2, -0.15) is 0 Å². The Morgan fingerprint density at radius 2 is 2.00 bits per heavy atom. The fourth-order valence-corrected chi connectivity index (χ4v) is 4.39. The second-order valence-corrected chi connectivity index (χ2v) is 7.46. The van der Waals surface area contributed by atoms with Gasteiger partial charge in [0.25, 0.3) is 0 Å². The predicted octanol–water partition coefficient (Wildman–Crippen LogP) is 3.78. The van der Waals surface area contributed by atoms with E-state index < -0.39 is 0 Å². The number of hydrogen-bond acceptors (Lipinski definition) is 2. The third-order valence-electron chi connectivity index (χ3n) is 5.70. The summed E-state index contributed by atoms with van der Waals surface area (Å²) in [7, 11) is 0. The van der Waals surface area contributed by atoms with Crippen molar-refractivity contribution in [3.05, 3.63) is 66.0 Å². The monoisotopic (exact) mass is 353 g/mol. The number of hydrogen-bond donors (Lipinski definition) is 1. The standard InChI is InChI=1S/C21H24FN3O/c1-16-13-21(10-11-24(16)14-17-6-3-2-4-7-17)15-23-20(26)25(21)19-9-5-8-18(22)12-19/h2-9,12,16H,10-11,13-15H2,1H3,(H,23,26)/t16-,21+/m0/s1. The summed E-state index contributed by atoms with van der Waals surface area (Å²) in [6.07, 6.45) is 1.74. The van der Waals surface area contributed by atoms with Crippen molar-refractivity contribution in [2.45, 2.75) is 37.9 Å². The van der Waals surface area contributed by atoms with Crippen LogP contribution >= 0.6 is 0 Å². The maximum atomic E-state index is 13.7. The molecule has 0 aromatic heterocycles. The second kappa shape index (κ2) is 6.72. The Kier molecular flexibility index (Phi) is 4.41. The number of amides is 2. The fourth-order valence-electron chi connectivity index (χ4n) is 4.39. The lowest BCUT2D eigenvalue weighted by molar-refractivity contribution is 0.105. The molecule has 1 N–H and O–H groups in total. The van der Waals surface area contributed by atoms with Gasteiger partial charge in [-0.1, -0.05) is 36.4 Å². The maximum Gasteiger partial charge on any atom is 0.322 e. The smallest absolute Gasteiger partial charge is 0.322 e. The van der Waals surface area contributed by atoms with E-state index in [9.17, 15) is 9.18 Å². The van der Waals surface area contributed by atoms with E-state index in [-0.39, 0.29) is 17.4 Å². The molecule has 2 heterocycles. The number of carbonyl (C=O) groups excluding carboxylic acids is 1. The van der Waals surface area contributed by atoms with Crippen LogP contribution in [0, 0.1) is 5.82 Å². The number of halogens is 1. The van der Waals surface area contributed by atoms with Crippen molar-refractivity contribution in [3.63, 3.8) is 0 Å². The van der Waals surface area contributed by atoms with Crippen molar-refractivity contribution in [1.29, 1.82) is 0 Å². The normalized spacial score (nSPS) is 26.3. The number of anilines is 1. The van der Waals surface area contributed by atoms with Gasteiger partial charge in [0.05, 0.1) is 5.54 Å². The van der Waals surface area contributed by atoms with Crippen molar-refractivity contribution >= 4 is 11.7 Å². The molecule has 2 atom stereocenters. The Balaban J connectivity index is 1.55. The van der Waals surface area contributed by atoms with E-state index in [4.69, 9.17) is 0 Å². The number of urea groups is 1. The summed E-state index contributed by atoms with van der Waals surface area (Å²) in [5.41, 5.74) is 1.67. The van der Waals surface area contributed by atoms with Crippen LogP contribution in [0.2, 0.25) is 0 Å². The first kappa shape index (κ1) is 17.0. The summed E-state index contributed by atoms with van der Waals surface area (Å²) in [5.74, 6) is -0.313. The summed E-state index contributed by atoms with van der Waals surface area (Å²) in [6.45, 7) is 4.67. The Hall–Kier alpha value is -2.40. The lowest BCUT2D eigenvalue weighted by Gasteiger charge is -2.47. The van der Waals surface area contributed by atoms with Crippen LogP contribution in [-0.2, 0) is 6.54 Å². The van der Waals surface area contributed by atoms with Gasteiger partial charge in [-0.25, -0.2) is 9.18 Å². The van der Waals surface area contributed by atoms with Crippen molar-refractivity contribution in [2.75, 3.05) is 18.0 Å². The number of rotatable bonds is 3. The molecule has 5 heteroatoms. The minimum Gasteiger partial charge on any atom is -0.335 e. The van der Waals surface area contributed by atoms with Crippen molar-refractivity contribution in [3.8, 4) is 0 Å². The summed E-state index contributed by atoms with van der Waals surface area (Å²) >= 11 is 0. The van der Waals surface area contributed by atoms with E-state index in [1.165, 1.54) is 17.7 Å². The van der Waals surface area contributed by atoms with Crippen molar-refractivity contribution < 1.29 is 9.18 Å². The van der Waals surface area contributed by atoms with Gasteiger partial charge in [0.2, 0.25) is 0 Å². The van der Waals surface area contributed by atoms with Gasteiger partial charge in [-0.05, 0) is 43.5 Å². The number of nitrogens with zero attached hydrogens (tertiary/aromatic N) is 2. The van der Waals surface area contributed by atoms with E-state index in [1.807, 2.05) is 12.1 Å². The maximum absolute atomic E-state index is 13.7. The largest absolute Gasteiger partial charge is 0.335 e. The van der Waals surface area contributed by atoms with Crippen LogP contribution in [0.3, 0.4) is 0 Å². The molecule has 2 aromatic rings. The molecular weight excluding hydrogens is 329 g/mol. The SMILES string of the molecule is C[C@H]1C[C@]2(CCN1Cc1ccccc1)CNC(=O)N2c1cccc(F)c1. The molecule has 2 aliphatic rings. The third kappa shape index (κ3) is 3.07. The molecule has 2 aromatic carbocycles. The van der Waals surface area contributed by atoms with Gasteiger partial charge in [0, 0.05) is 31.4 Å². The van der Waals surface area contributed by atoms with Crippen molar-refractivity contribution in [1.82, 2.24) is 10.2 Å². The summed E-state index contributed by atoms with van der Waals surface area (Å²) in [4.78, 5) is 16.8. The highest BCUT2D eigenvalue weighted by atomic mass is 19.1. The predicted molar refractivity (Wildman–Crippen MR) is 101 cm³/mol. The summed E-state index contributed by atoms with van der Waals surface area (Å²) in [6, 6.07) is 17.0. The highest BCUT2D eigenvalue weighted by Crippen LogP contribution is 2.39. The zero-order chi connectivity index (χ0) is 18.1. The zero-order valence-corrected chi connectivity index (χ0v) is 15.0. The molecule has 4 rings (SSSR count). The quantitative estimate of drug-likeness (QED) is 0.911. The number of nitrogens with one attached hydrogen (secondary N) is 1. The second-order valence-electron chi connectivity index (χ2n) is 7.46. The summed E-state index contributed by atoms with van der Waals surface area (Å²) < 4.78 is 13.7. The average molecular weight is 353 g/mol. The molecule has 2 amide bonds. The Morgan fingerprint density at radius 3 is 2.73 bits per heavy atom. The van der Waals surface area contributed by atoms with Crippen LogP contribution in [0.25, 0.3) is 0 Å². The lowest BCUT2D eigenvalue weighted by atomic mass is 9.82. The van der Waals surface area contributed by atoms with Crippen LogP contribution in [0.1, 0.15) is 25.3 Å². The fraction of sp³-hybridized carbons (Fsp3) is 0.381. The Bertz CT molecular complexity index is 797. The first-order valence-corrected chi connectivity index (χ1v) is 9.19. The molecule has 0 unspecified atom stereocenters. The molecule has 0 radical (unpaired) electrons. The molecule has 4 nitrogen and oxygen atoms in total. The molecular formula is C21H24FN3O. The summed E-state index contributed by atoms with van der Waals surface area (Å²) in [5, 5.41) is 2.98.